The van der Waals surface area contributed by atoms with Crippen LogP contribution in [-0.2, 0) is 12.2 Å². The molecule has 0 aromatic carbocycles. The maximum atomic E-state index is 12.1. The average Bonchev–Trinajstić information content (AvgIpc) is 3.08. The van der Waals surface area contributed by atoms with Crippen LogP contribution in [0.4, 0.5) is 5.82 Å². The summed E-state index contributed by atoms with van der Waals surface area (Å²) in [5, 5.41) is 3.57. The first-order valence-electron chi connectivity index (χ1n) is 8.73. The number of rotatable bonds is 9. The molecule has 0 saturated heterocycles. The molecule has 0 spiro atoms. The summed E-state index contributed by atoms with van der Waals surface area (Å²) in [5.74, 6) is 2.36. The zero-order valence-electron chi connectivity index (χ0n) is 16.1. The lowest BCUT2D eigenvalue weighted by Gasteiger charge is -2.13. The molecule has 2 N–H and O–H groups in total. The lowest BCUT2D eigenvalue weighted by atomic mass is 10.3. The van der Waals surface area contributed by atoms with E-state index in [1.165, 1.54) is 16.7 Å². The summed E-state index contributed by atoms with van der Waals surface area (Å²) in [7, 11) is 8.02. The van der Waals surface area contributed by atoms with Crippen LogP contribution in [-0.4, -0.2) is 57.2 Å². The van der Waals surface area contributed by atoms with Crippen LogP contribution in [0.2, 0.25) is 0 Å². The number of likely N-dealkylation sites (N-methyl/N-ethyl adjacent to an activating group) is 1. The van der Waals surface area contributed by atoms with Crippen LogP contribution in [0.15, 0.2) is 27.8 Å². The molecule has 0 aliphatic rings. The zero-order valence-corrected chi connectivity index (χ0v) is 16.9. The Hall–Kier alpha value is -2.06. The maximum Gasteiger partial charge on any atom is 0.287 e. The van der Waals surface area contributed by atoms with Crippen LogP contribution in [0, 0.1) is 0 Å². The fourth-order valence-electron chi connectivity index (χ4n) is 2.16. The number of hydrogen-bond donors (Lipinski definition) is 2. The number of nitrogens with zero attached hydrogens (tertiary/aromatic N) is 3. The highest BCUT2D eigenvalue weighted by atomic mass is 32.2. The standard InChI is InChI=1S/C18H27N5O2S/c1-6-13-11-16(23(4)5)21-18(20-13)26-12-14-7-8-15(25-14)17(24)19-9-10-22(2)3/h7-8,11H,6,9-10,12H2,1-5H3,(H,19,24)/p+1. The van der Waals surface area contributed by atoms with Crippen molar-refractivity contribution in [2.75, 3.05) is 46.2 Å². The number of nitrogens with one attached hydrogen (secondary N) is 2. The van der Waals surface area contributed by atoms with E-state index in [0.29, 0.717) is 23.2 Å². The molecule has 8 heteroatoms. The number of hydrogen-bond acceptors (Lipinski definition) is 6. The number of anilines is 1. The minimum absolute atomic E-state index is 0.179. The van der Waals surface area contributed by atoms with Gasteiger partial charge >= 0.3 is 0 Å². The molecule has 7 nitrogen and oxygen atoms in total. The van der Waals surface area contributed by atoms with E-state index in [-0.39, 0.29) is 5.91 Å². The SMILES string of the molecule is CCc1cc(N(C)C)nc(SCc2ccc(C(=O)NCC[NH+](C)C)o2)n1. The first kappa shape index (κ1) is 20.3. The Morgan fingerprint density at radius 2 is 2.08 bits per heavy atom. The van der Waals surface area contributed by atoms with Gasteiger partial charge in [0.25, 0.3) is 5.91 Å². The van der Waals surface area contributed by atoms with Gasteiger partial charge in [0.15, 0.2) is 10.9 Å². The zero-order chi connectivity index (χ0) is 19.1. The van der Waals surface area contributed by atoms with Gasteiger partial charge in [-0.3, -0.25) is 4.79 Å². The van der Waals surface area contributed by atoms with Gasteiger partial charge in [0, 0.05) is 25.9 Å². The van der Waals surface area contributed by atoms with Crippen LogP contribution in [0.1, 0.15) is 28.9 Å². The monoisotopic (exact) mass is 378 g/mol. The predicted molar refractivity (Wildman–Crippen MR) is 104 cm³/mol. The molecule has 0 fully saturated rings. The Labute approximate surface area is 159 Å². The molecule has 0 bridgehead atoms. The van der Waals surface area contributed by atoms with E-state index in [2.05, 4.69) is 22.2 Å². The van der Waals surface area contributed by atoms with Gasteiger partial charge in [-0.2, -0.15) is 0 Å². The molecule has 2 aromatic rings. The van der Waals surface area contributed by atoms with E-state index in [9.17, 15) is 4.79 Å². The van der Waals surface area contributed by atoms with Gasteiger partial charge in [-0.15, -0.1) is 0 Å². The van der Waals surface area contributed by atoms with Gasteiger partial charge < -0.3 is 19.5 Å². The minimum Gasteiger partial charge on any atom is -0.455 e. The van der Waals surface area contributed by atoms with Crippen molar-refractivity contribution in [1.29, 1.82) is 0 Å². The molecular formula is C18H28N5O2S+. The summed E-state index contributed by atoms with van der Waals surface area (Å²) >= 11 is 1.50. The lowest BCUT2D eigenvalue weighted by Crippen LogP contribution is -3.06. The predicted octanol–water partition coefficient (Wildman–Crippen LogP) is 0.865. The largest absolute Gasteiger partial charge is 0.455 e. The molecule has 2 aromatic heterocycles. The molecule has 1 amide bonds. The first-order valence-corrected chi connectivity index (χ1v) is 9.71. The van der Waals surface area contributed by atoms with Gasteiger partial charge in [0.1, 0.15) is 11.6 Å². The third kappa shape index (κ3) is 6.03. The smallest absolute Gasteiger partial charge is 0.287 e. The van der Waals surface area contributed by atoms with Crippen molar-refractivity contribution in [2.45, 2.75) is 24.3 Å². The van der Waals surface area contributed by atoms with E-state index in [0.717, 1.165) is 30.2 Å². The number of carbonyl (C=O) groups excluding carboxylic acids is 1. The van der Waals surface area contributed by atoms with Gasteiger partial charge in [-0.25, -0.2) is 9.97 Å². The Morgan fingerprint density at radius 1 is 1.31 bits per heavy atom. The van der Waals surface area contributed by atoms with Gasteiger partial charge in [-0.1, -0.05) is 18.7 Å². The molecule has 0 aliphatic carbocycles. The normalized spacial score (nSPS) is 11.0. The maximum absolute atomic E-state index is 12.1. The molecule has 26 heavy (non-hydrogen) atoms. The third-order valence-electron chi connectivity index (χ3n) is 3.71. The fraction of sp³-hybridized carbons (Fsp3) is 0.500. The number of thioether (sulfide) groups is 1. The van der Waals surface area contributed by atoms with E-state index in [4.69, 9.17) is 4.42 Å². The first-order chi connectivity index (χ1) is 12.4. The Morgan fingerprint density at radius 3 is 2.73 bits per heavy atom. The molecule has 0 atom stereocenters. The quantitative estimate of drug-likeness (QED) is 0.498. The summed E-state index contributed by atoms with van der Waals surface area (Å²) < 4.78 is 5.65. The van der Waals surface area contributed by atoms with Crippen molar-refractivity contribution in [3.8, 4) is 0 Å². The van der Waals surface area contributed by atoms with Gasteiger partial charge in [-0.05, 0) is 18.6 Å². The minimum atomic E-state index is -0.179. The third-order valence-corrected chi connectivity index (χ3v) is 4.57. The van der Waals surface area contributed by atoms with Crippen LogP contribution < -0.4 is 15.1 Å². The van der Waals surface area contributed by atoms with Gasteiger partial charge in [0.2, 0.25) is 0 Å². The Kier molecular flexibility index (Phi) is 7.47. The second-order valence-electron chi connectivity index (χ2n) is 6.52. The van der Waals surface area contributed by atoms with Crippen LogP contribution in [0.3, 0.4) is 0 Å². The molecule has 142 valence electrons. The number of aromatic nitrogens is 2. The second-order valence-corrected chi connectivity index (χ2v) is 7.46. The Bertz CT molecular complexity index is 730. The molecule has 0 aliphatic heterocycles. The number of amides is 1. The van der Waals surface area contributed by atoms with Crippen molar-refractivity contribution in [2.24, 2.45) is 0 Å². The van der Waals surface area contributed by atoms with Crippen molar-refractivity contribution < 1.29 is 14.1 Å². The van der Waals surface area contributed by atoms with E-state index in [1.54, 1.807) is 6.07 Å². The number of carbonyl (C=O) groups is 1. The highest BCUT2D eigenvalue weighted by Crippen LogP contribution is 2.23. The lowest BCUT2D eigenvalue weighted by molar-refractivity contribution is -0.856. The molecule has 0 unspecified atom stereocenters. The number of aryl methyl sites for hydroxylation is 1. The average molecular weight is 379 g/mol. The second kappa shape index (κ2) is 9.59. The number of furan rings is 1. The van der Waals surface area contributed by atoms with Crippen molar-refractivity contribution in [1.82, 2.24) is 15.3 Å². The molecule has 2 heterocycles. The van der Waals surface area contributed by atoms with Crippen molar-refractivity contribution >= 4 is 23.5 Å². The summed E-state index contributed by atoms with van der Waals surface area (Å²) in [4.78, 5) is 24.4. The fourth-order valence-corrected chi connectivity index (χ4v) is 2.93. The van der Waals surface area contributed by atoms with Crippen molar-refractivity contribution in [3.05, 3.63) is 35.4 Å². The summed E-state index contributed by atoms with van der Waals surface area (Å²) in [6, 6.07) is 5.53. The van der Waals surface area contributed by atoms with E-state index in [1.807, 2.05) is 45.2 Å². The highest BCUT2D eigenvalue weighted by molar-refractivity contribution is 7.98. The highest BCUT2D eigenvalue weighted by Gasteiger charge is 2.12. The van der Waals surface area contributed by atoms with Gasteiger partial charge in [0.05, 0.1) is 32.9 Å². The molecule has 0 radical (unpaired) electrons. The number of quaternary nitrogens is 1. The van der Waals surface area contributed by atoms with E-state index >= 15 is 0 Å². The Balaban J connectivity index is 1.95. The topological polar surface area (TPSA) is 75.7 Å². The van der Waals surface area contributed by atoms with Crippen LogP contribution in [0.25, 0.3) is 0 Å². The van der Waals surface area contributed by atoms with Crippen LogP contribution in [0.5, 0.6) is 0 Å². The van der Waals surface area contributed by atoms with E-state index < -0.39 is 0 Å². The van der Waals surface area contributed by atoms with Crippen LogP contribution >= 0.6 is 11.8 Å². The summed E-state index contributed by atoms with van der Waals surface area (Å²) in [6.07, 6.45) is 0.858. The molecular weight excluding hydrogens is 350 g/mol. The molecule has 2 rings (SSSR count). The molecule has 0 saturated carbocycles. The summed E-state index contributed by atoms with van der Waals surface area (Å²) in [6.45, 7) is 3.57. The summed E-state index contributed by atoms with van der Waals surface area (Å²) in [5.41, 5.74) is 1.01. The van der Waals surface area contributed by atoms with Crippen molar-refractivity contribution in [3.63, 3.8) is 0 Å².